The highest BCUT2D eigenvalue weighted by atomic mass is 16.6. The Morgan fingerprint density at radius 1 is 1.22 bits per heavy atom. The van der Waals surface area contributed by atoms with E-state index in [1.54, 1.807) is 45.1 Å². The van der Waals surface area contributed by atoms with Gasteiger partial charge in [0.2, 0.25) is 0 Å². The summed E-state index contributed by atoms with van der Waals surface area (Å²) < 4.78 is 5.22. The monoisotopic (exact) mass is 319 g/mol. The summed E-state index contributed by atoms with van der Waals surface area (Å²) in [5.74, 6) is 0.0395. The highest BCUT2D eigenvalue weighted by Crippen LogP contribution is 2.18. The number of amides is 1. The zero-order chi connectivity index (χ0) is 17.3. The number of allylic oxidation sites excluding steroid dienone is 1. The van der Waals surface area contributed by atoms with Crippen LogP contribution in [0.4, 0.5) is 10.5 Å². The maximum absolute atomic E-state index is 12.0. The molecule has 0 bridgehead atoms. The average molecular weight is 319 g/mol. The van der Waals surface area contributed by atoms with Crippen molar-refractivity contribution in [3.63, 3.8) is 0 Å². The fourth-order valence-electron chi connectivity index (χ4n) is 1.90. The zero-order valence-electron chi connectivity index (χ0n) is 14.0. The number of Topliss-reactive ketones (excluding diaryl/α,β-unsaturated/α-hetero) is 1. The number of hydrogen-bond donors (Lipinski definition) is 2. The number of benzene rings is 1. The van der Waals surface area contributed by atoms with Crippen molar-refractivity contribution in [2.45, 2.75) is 45.6 Å². The molecule has 1 amide bonds. The van der Waals surface area contributed by atoms with E-state index in [2.05, 4.69) is 5.32 Å². The molecule has 1 aromatic rings. The van der Waals surface area contributed by atoms with Crippen LogP contribution < -0.4 is 5.32 Å². The van der Waals surface area contributed by atoms with Gasteiger partial charge >= 0.3 is 6.09 Å². The van der Waals surface area contributed by atoms with Gasteiger partial charge in [-0.25, -0.2) is 4.79 Å². The second-order valence-electron chi connectivity index (χ2n) is 6.19. The van der Waals surface area contributed by atoms with Gasteiger partial charge < -0.3 is 9.84 Å². The van der Waals surface area contributed by atoms with Crippen LogP contribution in [-0.4, -0.2) is 29.2 Å². The molecule has 1 aromatic carbocycles. The van der Waals surface area contributed by atoms with E-state index in [-0.39, 0.29) is 18.8 Å². The lowest BCUT2D eigenvalue weighted by Gasteiger charge is -2.20. The molecular weight excluding hydrogens is 294 g/mol. The van der Waals surface area contributed by atoms with Gasteiger partial charge in [0, 0.05) is 25.1 Å². The molecule has 0 saturated heterocycles. The van der Waals surface area contributed by atoms with Gasteiger partial charge in [-0.3, -0.25) is 10.1 Å². The van der Waals surface area contributed by atoms with E-state index in [1.807, 2.05) is 12.1 Å². The number of nitrogens with one attached hydrogen (secondary N) is 1. The van der Waals surface area contributed by atoms with E-state index in [4.69, 9.17) is 9.84 Å². The van der Waals surface area contributed by atoms with Crippen LogP contribution in [0.25, 0.3) is 0 Å². The fourth-order valence-corrected chi connectivity index (χ4v) is 1.90. The summed E-state index contributed by atoms with van der Waals surface area (Å²) in [5.41, 5.74) is 0.750. The first kappa shape index (κ1) is 18.9. The Kier molecular flexibility index (Phi) is 7.48. The Labute approximate surface area is 137 Å². The minimum atomic E-state index is -0.577. The van der Waals surface area contributed by atoms with Gasteiger partial charge in [-0.15, -0.1) is 0 Å². The maximum Gasteiger partial charge on any atom is 0.412 e. The molecule has 0 aliphatic rings. The largest absolute Gasteiger partial charge is 0.444 e. The van der Waals surface area contributed by atoms with Crippen molar-refractivity contribution in [1.29, 1.82) is 0 Å². The SMILES string of the molecule is CC(C)(C)OC(=O)Nc1ccccc1CC(=O)C/C=C/CCO. The molecule has 0 heterocycles. The van der Waals surface area contributed by atoms with Gasteiger partial charge in [-0.05, 0) is 38.8 Å². The highest BCUT2D eigenvalue weighted by molar-refractivity contribution is 5.89. The zero-order valence-corrected chi connectivity index (χ0v) is 14.0. The molecule has 5 nitrogen and oxygen atoms in total. The molecular formula is C18H25NO4. The Morgan fingerprint density at radius 3 is 2.57 bits per heavy atom. The van der Waals surface area contributed by atoms with Crippen LogP contribution in [0.2, 0.25) is 0 Å². The highest BCUT2D eigenvalue weighted by Gasteiger charge is 2.17. The quantitative estimate of drug-likeness (QED) is 0.755. The van der Waals surface area contributed by atoms with Gasteiger partial charge in [0.25, 0.3) is 0 Å². The summed E-state index contributed by atoms with van der Waals surface area (Å²) in [6.45, 7) is 5.45. The molecule has 0 aliphatic heterocycles. The Hall–Kier alpha value is -2.14. The third-order valence-electron chi connectivity index (χ3n) is 2.85. The second-order valence-corrected chi connectivity index (χ2v) is 6.19. The topological polar surface area (TPSA) is 75.6 Å². The number of aliphatic hydroxyl groups excluding tert-OH is 1. The van der Waals surface area contributed by atoms with Crippen LogP contribution in [0.1, 0.15) is 39.2 Å². The number of carbonyl (C=O) groups excluding carboxylic acids is 2. The van der Waals surface area contributed by atoms with Crippen LogP contribution in [0, 0.1) is 0 Å². The molecule has 1 rings (SSSR count). The van der Waals surface area contributed by atoms with E-state index in [0.29, 0.717) is 18.5 Å². The lowest BCUT2D eigenvalue weighted by atomic mass is 10.0. The van der Waals surface area contributed by atoms with Crippen LogP contribution in [0.15, 0.2) is 36.4 Å². The number of anilines is 1. The number of para-hydroxylation sites is 1. The van der Waals surface area contributed by atoms with Crippen molar-refractivity contribution in [1.82, 2.24) is 0 Å². The summed E-state index contributed by atoms with van der Waals surface area (Å²) in [7, 11) is 0. The second kappa shape index (κ2) is 9.10. The number of ether oxygens (including phenoxy) is 1. The molecule has 0 spiro atoms. The van der Waals surface area contributed by atoms with Crippen LogP contribution >= 0.6 is 0 Å². The number of carbonyl (C=O) groups is 2. The van der Waals surface area contributed by atoms with Crippen molar-refractivity contribution >= 4 is 17.6 Å². The molecule has 2 N–H and O–H groups in total. The molecule has 0 fully saturated rings. The van der Waals surface area contributed by atoms with Crippen molar-refractivity contribution < 1.29 is 19.4 Å². The van der Waals surface area contributed by atoms with E-state index in [9.17, 15) is 9.59 Å². The van der Waals surface area contributed by atoms with Crippen molar-refractivity contribution in [2.75, 3.05) is 11.9 Å². The van der Waals surface area contributed by atoms with Gasteiger partial charge in [-0.1, -0.05) is 30.4 Å². The average Bonchev–Trinajstić information content (AvgIpc) is 2.44. The summed E-state index contributed by atoms with van der Waals surface area (Å²) in [4.78, 5) is 23.8. The molecule has 23 heavy (non-hydrogen) atoms. The van der Waals surface area contributed by atoms with Gasteiger partial charge in [0.15, 0.2) is 0 Å². The molecule has 5 heteroatoms. The molecule has 0 aliphatic carbocycles. The van der Waals surface area contributed by atoms with E-state index >= 15 is 0 Å². The number of rotatable bonds is 7. The third kappa shape index (κ3) is 8.16. The minimum Gasteiger partial charge on any atom is -0.444 e. The molecule has 0 saturated carbocycles. The summed E-state index contributed by atoms with van der Waals surface area (Å²) in [6.07, 6.45) is 4.08. The smallest absolute Gasteiger partial charge is 0.412 e. The number of aliphatic hydroxyl groups is 1. The molecule has 126 valence electrons. The predicted molar refractivity (Wildman–Crippen MR) is 90.5 cm³/mol. The van der Waals surface area contributed by atoms with Crippen LogP contribution in [0.5, 0.6) is 0 Å². The summed E-state index contributed by atoms with van der Waals surface area (Å²) >= 11 is 0. The van der Waals surface area contributed by atoms with Gasteiger partial charge in [0.1, 0.15) is 11.4 Å². The Bertz CT molecular complexity index is 558. The van der Waals surface area contributed by atoms with Gasteiger partial charge in [-0.2, -0.15) is 0 Å². The standard InChI is InChI=1S/C18H25NO4/c1-18(2,3)23-17(22)19-16-11-7-6-9-14(16)13-15(21)10-5-4-8-12-20/h4-7,9,11,20H,8,10,12-13H2,1-3H3,(H,19,22)/b5-4+. The molecule has 0 unspecified atom stereocenters. The lowest BCUT2D eigenvalue weighted by Crippen LogP contribution is -2.27. The van der Waals surface area contributed by atoms with E-state index in [0.717, 1.165) is 5.56 Å². The molecule has 0 radical (unpaired) electrons. The minimum absolute atomic E-state index is 0.0395. The van der Waals surface area contributed by atoms with Crippen molar-refractivity contribution in [3.8, 4) is 0 Å². The molecule has 0 atom stereocenters. The first-order valence-electron chi connectivity index (χ1n) is 7.67. The van der Waals surface area contributed by atoms with E-state index < -0.39 is 11.7 Å². The van der Waals surface area contributed by atoms with Crippen LogP contribution in [0.3, 0.4) is 0 Å². The van der Waals surface area contributed by atoms with Crippen molar-refractivity contribution in [2.24, 2.45) is 0 Å². The first-order valence-corrected chi connectivity index (χ1v) is 7.67. The normalized spacial score (nSPS) is 11.5. The Balaban J connectivity index is 2.66. The number of hydrogen-bond acceptors (Lipinski definition) is 4. The first-order chi connectivity index (χ1) is 10.8. The lowest BCUT2D eigenvalue weighted by molar-refractivity contribution is -0.117. The predicted octanol–water partition coefficient (Wildman–Crippen LogP) is 3.47. The van der Waals surface area contributed by atoms with Crippen molar-refractivity contribution in [3.05, 3.63) is 42.0 Å². The fraction of sp³-hybridized carbons (Fsp3) is 0.444. The number of ketones is 1. The third-order valence-corrected chi connectivity index (χ3v) is 2.85. The maximum atomic E-state index is 12.0. The Morgan fingerprint density at radius 2 is 1.91 bits per heavy atom. The molecule has 0 aromatic heterocycles. The van der Waals surface area contributed by atoms with E-state index in [1.165, 1.54) is 0 Å². The summed E-state index contributed by atoms with van der Waals surface area (Å²) in [6, 6.07) is 7.17. The van der Waals surface area contributed by atoms with Gasteiger partial charge in [0.05, 0.1) is 0 Å². The van der Waals surface area contributed by atoms with Crippen LogP contribution in [-0.2, 0) is 16.0 Å². The summed E-state index contributed by atoms with van der Waals surface area (Å²) in [5, 5.41) is 11.4.